The number of likely N-dealkylation sites (N-methyl/N-ethyl adjacent to an activating group) is 1. The molecule has 0 amide bonds. The highest BCUT2D eigenvalue weighted by Gasteiger charge is 2.76. The number of methoxy groups -OCH3 is 1. The quantitative estimate of drug-likeness (QED) is 0.132. The largest absolute Gasteiger partial charge is 0.465 e. The lowest BCUT2D eigenvalue weighted by Gasteiger charge is -2.52. The molecule has 7 heteroatoms. The fraction of sp³-hybridized carbons (Fsp3) is 0.185. The SMILES string of the molecule is COC(=O)c1ccc(-c2c3nc(c(-c4cc(C(C)(C)C)cc(C(C)(C)C)c4)c4ccc([nH]4)c(C4N(C)CC56c7c8c9c%10c%11c%12c(c%13c%14c5c5c7c7c%15c8c8c9c9c%11c%11c%16c%12c%12c%13c%13c%14c%14c5c5c7c7c%15c%15c8c8c9c%11c9c%11c%16c%12c%12c%13c%13c%14c5c5c7c7c%15c8c9c8c%11c%12c%13c5c78)C%1046)c4nc(c(-c5cc(C(C)(C)C)cc(C(C)(C)C)c5)c5ccc2[nH]5)C=C4)C=C3)cc1. The maximum absolute atomic E-state index is 13.4. The number of hydrogen-bond donors (Lipinski definition) is 2. The summed E-state index contributed by atoms with van der Waals surface area (Å²) in [5.41, 5.74) is 25.3. The Balaban J connectivity index is 0.744. The van der Waals surface area contributed by atoms with Gasteiger partial charge in [-0.25, -0.2) is 14.8 Å². The van der Waals surface area contributed by atoms with Gasteiger partial charge in [0.05, 0.1) is 52.3 Å². The molecule has 31 aromatic carbocycles. The second kappa shape index (κ2) is 16.1. The zero-order chi connectivity index (χ0) is 81.7. The van der Waals surface area contributed by atoms with Crippen LogP contribution < -0.4 is 0 Å². The summed E-state index contributed by atoms with van der Waals surface area (Å²) in [4.78, 5) is 37.9. The highest BCUT2D eigenvalue weighted by Crippen LogP contribution is 2.87. The molecule has 3 aromatic heterocycles. The van der Waals surface area contributed by atoms with E-state index < -0.39 is 10.8 Å². The second-order valence-electron chi connectivity index (χ2n) is 46.0. The number of H-pyrrole nitrogens is 2. The average molecular weight is 1600 g/mol. The molecule has 34 aromatic rings. The number of aromatic amines is 2. The Bertz CT molecular complexity index is 10900. The van der Waals surface area contributed by atoms with Gasteiger partial charge in [-0.2, -0.15) is 0 Å². The highest BCUT2D eigenvalue weighted by molar-refractivity contribution is 6.82. The summed E-state index contributed by atoms with van der Waals surface area (Å²) in [5.74, 6) is -0.373. The first-order valence-corrected chi connectivity index (χ1v) is 46.1. The van der Waals surface area contributed by atoms with E-state index >= 15 is 0 Å². The molecule has 7 aliphatic rings. The summed E-state index contributed by atoms with van der Waals surface area (Å²) in [5, 5.41) is 86.7. The van der Waals surface area contributed by atoms with E-state index in [1.165, 1.54) is 34.9 Å². The van der Waals surface area contributed by atoms with Crippen molar-refractivity contribution in [1.82, 2.24) is 24.8 Å². The van der Waals surface area contributed by atoms with Gasteiger partial charge >= 0.3 is 5.97 Å². The Hall–Kier alpha value is -13.9. The molecule has 2 spiro atoms. The number of aromatic nitrogens is 4. The third-order valence-electron chi connectivity index (χ3n) is 37.5. The van der Waals surface area contributed by atoms with Crippen LogP contribution in [0.3, 0.4) is 0 Å². The fourth-order valence-electron chi connectivity index (χ4n) is 34.1. The van der Waals surface area contributed by atoms with E-state index in [1.54, 1.807) is 313 Å². The highest BCUT2D eigenvalue weighted by atomic mass is 16.5. The Kier molecular flexibility index (Phi) is 7.76. The molecular formula is C119H65N5O2. The van der Waals surface area contributed by atoms with Crippen molar-refractivity contribution in [2.75, 3.05) is 20.7 Å². The van der Waals surface area contributed by atoms with Crippen LogP contribution >= 0.6 is 0 Å². The first-order valence-electron chi connectivity index (χ1n) is 46.1. The van der Waals surface area contributed by atoms with Gasteiger partial charge in [-0.15, -0.1) is 0 Å². The third kappa shape index (κ3) is 4.81. The predicted molar refractivity (Wildman–Crippen MR) is 531 cm³/mol. The molecule has 3 aliphatic heterocycles. The van der Waals surface area contributed by atoms with E-state index in [0.717, 1.165) is 84.8 Å². The number of benzene rings is 21. The van der Waals surface area contributed by atoms with E-state index in [2.05, 4.69) is 202 Å². The summed E-state index contributed by atoms with van der Waals surface area (Å²) < 4.78 is 5.34. The zero-order valence-electron chi connectivity index (χ0n) is 71.3. The van der Waals surface area contributed by atoms with E-state index in [1.807, 2.05) is 12.1 Å². The lowest BCUT2D eigenvalue weighted by Crippen LogP contribution is -2.52. The standard InChI is InChI=1S/C119H65N5O2/c1-114(2,3)38-27-36(28-39(31-38)115(4,5)6)51-44-21-19-42(120-44)50(34-15-17-35(18-16-34)113(125)126-14)43-20-22-45(121-43)52(37-29-40(116(7,8)9)32-41(30-37)117(10,11)12)47-24-26-49(123-47)53(48-25-23-46(51)122-48)112-119-110-104-98-88-76-68-60-56-54-55-58-62(60)70(76)80-74-66(58)67-59(55)63-61-57(54)65-64(56)72-78(68)86-92-82(72)83-73(65)79-69(61)77-71(63)81-75(67)85-84(74)96(90(80)98)106(110)107-97(85)91(81)99-89(77)95-87(79)93(83)101-100(92)108(102(104)94(86)88)118(119,33-124(112)13)109(101)103(95)105(99)111(107)119/h15-32,112,120,123H,33H2,1-14H3. The summed E-state index contributed by atoms with van der Waals surface area (Å²) in [6.07, 6.45) is 9.41. The molecule has 1 fully saturated rings. The number of hydrogen-bond acceptors (Lipinski definition) is 5. The third-order valence-corrected chi connectivity index (χ3v) is 37.5. The van der Waals surface area contributed by atoms with Gasteiger partial charge in [0.1, 0.15) is 0 Å². The van der Waals surface area contributed by atoms with Gasteiger partial charge in [-0.05, 0) is 441 Å². The Morgan fingerprint density at radius 1 is 0.310 bits per heavy atom. The number of likely N-dealkylation sites (tertiary alicyclic amines) is 1. The van der Waals surface area contributed by atoms with Crippen molar-refractivity contribution in [2.45, 2.75) is 122 Å². The monoisotopic (exact) mass is 1600 g/mol. The minimum atomic E-state index is -0.712. The van der Waals surface area contributed by atoms with E-state index in [0.29, 0.717) is 5.56 Å². The lowest BCUT2D eigenvalue weighted by atomic mass is 9.47. The van der Waals surface area contributed by atoms with Crippen LogP contribution in [0, 0.1) is 0 Å². The van der Waals surface area contributed by atoms with E-state index in [4.69, 9.17) is 14.7 Å². The molecule has 7 nitrogen and oxygen atoms in total. The first kappa shape index (κ1) is 60.6. The van der Waals surface area contributed by atoms with Crippen LogP contribution in [0.5, 0.6) is 0 Å². The van der Waals surface area contributed by atoms with Crippen LogP contribution in [-0.4, -0.2) is 51.5 Å². The average Bonchev–Trinajstić information content (AvgIpc) is 1.38. The van der Waals surface area contributed by atoms with Crippen molar-refractivity contribution in [3.05, 3.63) is 163 Å². The van der Waals surface area contributed by atoms with Gasteiger partial charge in [0, 0.05) is 50.9 Å². The van der Waals surface area contributed by atoms with Crippen LogP contribution in [0.2, 0.25) is 0 Å². The normalized spacial score (nSPS) is 19.4. The van der Waals surface area contributed by atoms with Crippen LogP contribution in [0.25, 0.3) is 371 Å². The van der Waals surface area contributed by atoms with Crippen molar-refractivity contribution in [3.8, 4) is 33.4 Å². The predicted octanol–water partition coefficient (Wildman–Crippen LogP) is 30.9. The Morgan fingerprint density at radius 3 is 0.825 bits per heavy atom. The minimum absolute atomic E-state index is 0.185. The number of ether oxygens (including phenoxy) is 1. The molecule has 1 atom stereocenters. The summed E-state index contributed by atoms with van der Waals surface area (Å²) >= 11 is 0. The van der Waals surface area contributed by atoms with Crippen LogP contribution in [-0.2, 0) is 37.2 Å². The molecule has 2 N–H and O–H groups in total. The Labute approximate surface area is 711 Å². The number of rotatable bonds is 5. The summed E-state index contributed by atoms with van der Waals surface area (Å²) in [7, 11) is 4.06. The summed E-state index contributed by atoms with van der Waals surface area (Å²) in [6.45, 7) is 29.2. The molecule has 41 rings (SSSR count). The molecule has 1 unspecified atom stereocenters. The van der Waals surface area contributed by atoms with Crippen molar-refractivity contribution in [2.24, 2.45) is 0 Å². The maximum atomic E-state index is 13.4. The maximum Gasteiger partial charge on any atom is 0.337 e. The number of carbonyl (C=O) groups is 1. The lowest BCUT2D eigenvalue weighted by molar-refractivity contribution is 0.0600. The number of nitrogens with zero attached hydrogens (tertiary/aromatic N) is 3. The van der Waals surface area contributed by atoms with Crippen LogP contribution in [0.15, 0.2) is 84.9 Å². The molecule has 8 bridgehead atoms. The topological polar surface area (TPSA) is 86.9 Å². The van der Waals surface area contributed by atoms with Gasteiger partial charge in [0.2, 0.25) is 0 Å². The molecule has 4 aliphatic carbocycles. The van der Waals surface area contributed by atoms with Crippen LogP contribution in [0.4, 0.5) is 0 Å². The molecule has 1 saturated heterocycles. The van der Waals surface area contributed by atoms with Crippen molar-refractivity contribution >= 4 is 343 Å². The molecule has 6 heterocycles. The van der Waals surface area contributed by atoms with Crippen molar-refractivity contribution in [1.29, 1.82) is 0 Å². The molecule has 578 valence electrons. The molecule has 126 heavy (non-hydrogen) atoms. The van der Waals surface area contributed by atoms with E-state index in [-0.39, 0.29) is 33.7 Å². The number of carbonyl (C=O) groups excluding carboxylic acids is 1. The zero-order valence-corrected chi connectivity index (χ0v) is 71.3. The molecule has 0 saturated carbocycles. The number of fused-ring (bicyclic) bond motifs is 8. The second-order valence-corrected chi connectivity index (χ2v) is 46.0. The minimum Gasteiger partial charge on any atom is -0.465 e. The number of esters is 1. The van der Waals surface area contributed by atoms with Crippen LogP contribution in [0.1, 0.15) is 172 Å². The molecule has 0 radical (unpaired) electrons. The van der Waals surface area contributed by atoms with Crippen molar-refractivity contribution in [3.63, 3.8) is 0 Å². The van der Waals surface area contributed by atoms with E-state index in [9.17, 15) is 4.79 Å². The first-order chi connectivity index (χ1) is 60.9. The van der Waals surface area contributed by atoms with Crippen molar-refractivity contribution < 1.29 is 9.53 Å². The smallest absolute Gasteiger partial charge is 0.337 e. The Morgan fingerprint density at radius 2 is 0.548 bits per heavy atom. The van der Waals surface area contributed by atoms with Gasteiger partial charge in [0.25, 0.3) is 0 Å². The van der Waals surface area contributed by atoms with Gasteiger partial charge in [0.15, 0.2) is 0 Å². The molecular weight excluding hydrogens is 1530 g/mol. The van der Waals surface area contributed by atoms with Gasteiger partial charge in [-0.3, -0.25) is 4.90 Å². The summed E-state index contributed by atoms with van der Waals surface area (Å²) in [6, 6.07) is 32.0. The number of nitrogens with one attached hydrogen (secondary N) is 2. The van der Waals surface area contributed by atoms with Gasteiger partial charge in [-0.1, -0.05) is 132 Å². The fourth-order valence-corrected chi connectivity index (χ4v) is 34.1. The van der Waals surface area contributed by atoms with Gasteiger partial charge < -0.3 is 14.7 Å².